The number of halogens is 1. The Morgan fingerprint density at radius 1 is 1.20 bits per heavy atom. The van der Waals surface area contributed by atoms with Gasteiger partial charge in [0.25, 0.3) is 0 Å². The van der Waals surface area contributed by atoms with Gasteiger partial charge in [-0.1, -0.05) is 18.2 Å². The number of nitrogens with two attached hydrogens (primary N) is 1. The molecule has 3 nitrogen and oxygen atoms in total. The summed E-state index contributed by atoms with van der Waals surface area (Å²) < 4.78 is 14.0. The number of thiophene rings is 1. The predicted molar refractivity (Wildman–Crippen MR) is 73.8 cm³/mol. The first-order valence-electron chi connectivity index (χ1n) is 5.81. The Bertz CT molecular complexity index is 809. The average molecular weight is 281 g/mol. The van der Waals surface area contributed by atoms with Gasteiger partial charge in [-0.15, -0.1) is 11.3 Å². The van der Waals surface area contributed by atoms with Crippen molar-refractivity contribution in [3.63, 3.8) is 0 Å². The monoisotopic (exact) mass is 281 g/mol. The molecule has 0 aliphatic heterocycles. The third-order valence-electron chi connectivity index (χ3n) is 3.50. The predicted octanol–water partition coefficient (Wildman–Crippen LogP) is 2.90. The highest BCUT2D eigenvalue weighted by atomic mass is 32.1. The zero-order chi connectivity index (χ0) is 14.3. The molecule has 2 N–H and O–H groups in total. The fourth-order valence-electron chi connectivity index (χ4n) is 2.64. The van der Waals surface area contributed by atoms with Gasteiger partial charge in [0.1, 0.15) is 5.82 Å². The molecule has 1 aromatic heterocycles. The first kappa shape index (κ1) is 12.4. The minimum absolute atomic E-state index is 0.0514. The first-order valence-corrected chi connectivity index (χ1v) is 6.69. The van der Waals surface area contributed by atoms with Gasteiger partial charge in [-0.3, -0.25) is 0 Å². The normalized spacial score (nSPS) is 20.4. The molecule has 0 saturated carbocycles. The molecule has 0 unspecified atom stereocenters. The van der Waals surface area contributed by atoms with E-state index >= 15 is 0 Å². The Morgan fingerprint density at radius 2 is 2.00 bits per heavy atom. The number of hydrogen-bond acceptors (Lipinski definition) is 4. The minimum atomic E-state index is -1.30. The van der Waals surface area contributed by atoms with Crippen LogP contribution in [-0.4, -0.2) is 0 Å². The quantitative estimate of drug-likeness (QED) is 0.873. The average Bonchev–Trinajstić information content (AvgIpc) is 3.05. The zero-order valence-electron chi connectivity index (χ0n) is 10.2. The first-order chi connectivity index (χ1) is 9.66. The molecule has 1 aliphatic carbocycles. The van der Waals surface area contributed by atoms with Gasteiger partial charge < -0.3 is 5.73 Å². The van der Waals surface area contributed by atoms with E-state index in [2.05, 4.69) is 6.07 Å². The Labute approximate surface area is 119 Å². The number of rotatable bonds is 1. The lowest BCUT2D eigenvalue weighted by atomic mass is 9.77. The van der Waals surface area contributed by atoms with Gasteiger partial charge in [-0.25, -0.2) is 4.39 Å². The molecule has 0 bridgehead atoms. The van der Waals surface area contributed by atoms with Crippen LogP contribution in [0.2, 0.25) is 0 Å². The van der Waals surface area contributed by atoms with E-state index in [0.29, 0.717) is 10.4 Å². The highest BCUT2D eigenvalue weighted by molar-refractivity contribution is 7.10. The lowest BCUT2D eigenvalue weighted by molar-refractivity contribution is 0.621. The standard InChI is InChI=1S/C15H8FN3S/c16-11-4-1-3-9-13(11)14(19)10(7-17)15(9,8-18)12-5-2-6-20-12/h1-6H,19H2/t15-/m1/s1. The van der Waals surface area contributed by atoms with Crippen molar-refractivity contribution in [3.8, 4) is 12.1 Å². The van der Waals surface area contributed by atoms with Gasteiger partial charge in [0, 0.05) is 10.4 Å². The van der Waals surface area contributed by atoms with Crippen molar-refractivity contribution < 1.29 is 4.39 Å². The molecule has 1 aromatic carbocycles. The van der Waals surface area contributed by atoms with Gasteiger partial charge in [-0.2, -0.15) is 10.5 Å². The van der Waals surface area contributed by atoms with Crippen molar-refractivity contribution in [2.75, 3.05) is 0 Å². The molecule has 1 heterocycles. The summed E-state index contributed by atoms with van der Waals surface area (Å²) in [5.74, 6) is -0.513. The minimum Gasteiger partial charge on any atom is -0.397 e. The van der Waals surface area contributed by atoms with Crippen LogP contribution >= 0.6 is 11.3 Å². The van der Waals surface area contributed by atoms with E-state index in [4.69, 9.17) is 5.73 Å². The van der Waals surface area contributed by atoms with Crippen molar-refractivity contribution in [1.82, 2.24) is 0 Å². The van der Waals surface area contributed by atoms with E-state index in [1.165, 1.54) is 23.5 Å². The number of hydrogen-bond donors (Lipinski definition) is 1. The molecule has 0 radical (unpaired) electrons. The lowest BCUT2D eigenvalue weighted by Gasteiger charge is -2.21. The fraction of sp³-hybridized carbons (Fsp3) is 0.0667. The second kappa shape index (κ2) is 4.19. The summed E-state index contributed by atoms with van der Waals surface area (Å²) in [5, 5.41) is 21.0. The molecule has 0 fully saturated rings. The van der Waals surface area contributed by atoms with Crippen molar-refractivity contribution in [2.45, 2.75) is 5.41 Å². The molecule has 5 heteroatoms. The van der Waals surface area contributed by atoms with Gasteiger partial charge in [-0.05, 0) is 23.1 Å². The maximum absolute atomic E-state index is 14.0. The lowest BCUT2D eigenvalue weighted by Crippen LogP contribution is -2.24. The molecular weight excluding hydrogens is 273 g/mol. The summed E-state index contributed by atoms with van der Waals surface area (Å²) in [6.45, 7) is 0. The Kier molecular flexibility index (Phi) is 2.60. The molecule has 0 spiro atoms. The van der Waals surface area contributed by atoms with Crippen LogP contribution in [0.15, 0.2) is 41.3 Å². The molecule has 2 aromatic rings. The largest absolute Gasteiger partial charge is 0.397 e. The van der Waals surface area contributed by atoms with Crippen molar-refractivity contribution in [1.29, 1.82) is 10.5 Å². The van der Waals surface area contributed by atoms with E-state index < -0.39 is 11.2 Å². The van der Waals surface area contributed by atoms with Crippen molar-refractivity contribution in [3.05, 3.63) is 63.1 Å². The van der Waals surface area contributed by atoms with Crippen LogP contribution < -0.4 is 5.73 Å². The maximum Gasteiger partial charge on any atom is 0.154 e. The second-order valence-electron chi connectivity index (χ2n) is 4.40. The molecule has 3 rings (SSSR count). The summed E-state index contributed by atoms with van der Waals surface area (Å²) in [6, 6.07) is 12.2. The third kappa shape index (κ3) is 1.30. The van der Waals surface area contributed by atoms with E-state index in [1.54, 1.807) is 18.2 Å². The van der Waals surface area contributed by atoms with Crippen molar-refractivity contribution >= 4 is 17.0 Å². The van der Waals surface area contributed by atoms with Crippen molar-refractivity contribution in [2.24, 2.45) is 5.73 Å². The number of nitriles is 2. The van der Waals surface area contributed by atoms with E-state index in [9.17, 15) is 14.9 Å². The van der Waals surface area contributed by atoms with Gasteiger partial charge in [0.15, 0.2) is 5.41 Å². The van der Waals surface area contributed by atoms with E-state index in [-0.39, 0.29) is 16.8 Å². The third-order valence-corrected chi connectivity index (χ3v) is 4.49. The van der Waals surface area contributed by atoms with Crippen LogP contribution in [-0.2, 0) is 5.41 Å². The Balaban J connectivity index is 2.47. The van der Waals surface area contributed by atoms with Gasteiger partial charge >= 0.3 is 0 Å². The van der Waals surface area contributed by atoms with Crippen LogP contribution in [0.1, 0.15) is 16.0 Å². The molecule has 0 saturated heterocycles. The van der Waals surface area contributed by atoms with Crippen LogP contribution in [0.4, 0.5) is 4.39 Å². The second-order valence-corrected chi connectivity index (χ2v) is 5.35. The summed E-state index contributed by atoms with van der Waals surface area (Å²) in [4.78, 5) is 0.670. The highest BCUT2D eigenvalue weighted by Gasteiger charge is 2.49. The van der Waals surface area contributed by atoms with Gasteiger partial charge in [0.2, 0.25) is 0 Å². The van der Waals surface area contributed by atoms with Gasteiger partial charge in [0.05, 0.1) is 23.4 Å². The zero-order valence-corrected chi connectivity index (χ0v) is 11.0. The van der Waals surface area contributed by atoms with Crippen LogP contribution in [0.3, 0.4) is 0 Å². The summed E-state index contributed by atoms with van der Waals surface area (Å²) in [6.07, 6.45) is 0. The van der Waals surface area contributed by atoms with E-state index in [1.807, 2.05) is 11.4 Å². The van der Waals surface area contributed by atoms with Crippen LogP contribution in [0.5, 0.6) is 0 Å². The molecule has 96 valence electrons. The molecule has 0 amide bonds. The summed E-state index contributed by atoms with van der Waals surface area (Å²) >= 11 is 1.35. The summed E-state index contributed by atoms with van der Waals surface area (Å²) in [7, 11) is 0. The number of nitrogens with zero attached hydrogens (tertiary/aromatic N) is 2. The summed E-state index contributed by atoms with van der Waals surface area (Å²) in [5.41, 5.74) is 5.39. The number of fused-ring (bicyclic) bond motifs is 1. The molecule has 1 aliphatic rings. The number of benzene rings is 1. The molecule has 1 atom stereocenters. The maximum atomic E-state index is 14.0. The fourth-order valence-corrected chi connectivity index (χ4v) is 3.53. The Morgan fingerprint density at radius 3 is 2.60 bits per heavy atom. The molecular formula is C15H8FN3S. The van der Waals surface area contributed by atoms with Crippen LogP contribution in [0.25, 0.3) is 5.70 Å². The van der Waals surface area contributed by atoms with E-state index in [0.717, 1.165) is 0 Å². The smallest absolute Gasteiger partial charge is 0.154 e. The van der Waals surface area contributed by atoms with Crippen LogP contribution in [0, 0.1) is 28.5 Å². The molecule has 20 heavy (non-hydrogen) atoms. The number of allylic oxidation sites excluding steroid dienone is 1. The highest BCUT2D eigenvalue weighted by Crippen LogP contribution is 2.50. The Hall–Kier alpha value is -2.63. The topological polar surface area (TPSA) is 73.6 Å². The SMILES string of the molecule is N#CC1=C(N)c2c(F)cccc2[C@@]1(C#N)c1cccs1.